The van der Waals surface area contributed by atoms with Crippen LogP contribution in [-0.4, -0.2) is 17.4 Å². The van der Waals surface area contributed by atoms with Gasteiger partial charge < -0.3 is 4.90 Å². The average molecular weight is 474 g/mol. The summed E-state index contributed by atoms with van der Waals surface area (Å²) in [5, 5.41) is 0. The Labute approximate surface area is 194 Å². The van der Waals surface area contributed by atoms with Crippen LogP contribution < -0.4 is 0 Å². The van der Waals surface area contributed by atoms with E-state index in [1.54, 1.807) is 0 Å². The number of rotatable bonds is 7. The predicted octanol–water partition coefficient (Wildman–Crippen LogP) is 8.70. The third kappa shape index (κ3) is 3.36. The standard InChI is InChI=1S/C24H27NOS4/c1-5-7-8-15(6-2)11-25-12-16-14(4)28-21(20(16)24(25)26)18-10-19-23(30-18)22-17(29-19)9-13(3)27-22/h9-10,15H,5-8,11-12H2,1-4H3. The highest BCUT2D eigenvalue weighted by molar-refractivity contribution is 7.39. The van der Waals surface area contributed by atoms with Crippen LogP contribution in [0.1, 0.15) is 65.2 Å². The molecule has 0 N–H and O–H groups in total. The molecule has 0 bridgehead atoms. The lowest BCUT2D eigenvalue weighted by Gasteiger charge is -2.23. The number of nitrogens with zero attached hydrogens (tertiary/aromatic N) is 1. The minimum Gasteiger partial charge on any atom is -0.334 e. The number of thiophene rings is 4. The Balaban J connectivity index is 1.48. The summed E-state index contributed by atoms with van der Waals surface area (Å²) in [5.74, 6) is 0.876. The Morgan fingerprint density at radius 1 is 1.03 bits per heavy atom. The maximum absolute atomic E-state index is 13.4. The zero-order valence-electron chi connectivity index (χ0n) is 18.0. The van der Waals surface area contributed by atoms with Crippen molar-refractivity contribution in [2.75, 3.05) is 6.54 Å². The van der Waals surface area contributed by atoms with Gasteiger partial charge in [0.15, 0.2) is 0 Å². The summed E-state index contributed by atoms with van der Waals surface area (Å²) in [6.45, 7) is 10.6. The van der Waals surface area contributed by atoms with Crippen molar-refractivity contribution in [1.29, 1.82) is 0 Å². The SMILES string of the molecule is CCCCC(CC)CN1Cc2c(C)sc(-c3cc4sc5cc(C)sc5c4s3)c2C1=O. The van der Waals surface area contributed by atoms with E-state index in [2.05, 4.69) is 44.7 Å². The molecular weight excluding hydrogens is 447 g/mol. The molecular formula is C24H27NOS4. The van der Waals surface area contributed by atoms with Gasteiger partial charge in [0.1, 0.15) is 0 Å². The molecule has 1 atom stereocenters. The van der Waals surface area contributed by atoms with Gasteiger partial charge in [-0.3, -0.25) is 4.79 Å². The first-order chi connectivity index (χ1) is 14.5. The van der Waals surface area contributed by atoms with E-state index in [0.29, 0.717) is 5.92 Å². The van der Waals surface area contributed by atoms with Crippen molar-refractivity contribution in [3.8, 4) is 9.75 Å². The summed E-state index contributed by atoms with van der Waals surface area (Å²) in [5.41, 5.74) is 2.27. The quantitative estimate of drug-likeness (QED) is 0.263. The second-order valence-corrected chi connectivity index (χ2v) is 13.0. The molecule has 1 amide bonds. The number of fused-ring (bicyclic) bond motifs is 4. The Kier molecular flexibility index (Phi) is 5.55. The third-order valence-corrected chi connectivity index (χ3v) is 11.3. The summed E-state index contributed by atoms with van der Waals surface area (Å²) in [7, 11) is 0. The second kappa shape index (κ2) is 8.05. The van der Waals surface area contributed by atoms with Gasteiger partial charge in [-0.2, -0.15) is 0 Å². The van der Waals surface area contributed by atoms with Gasteiger partial charge in [0.25, 0.3) is 5.91 Å². The zero-order chi connectivity index (χ0) is 21.0. The molecule has 6 heteroatoms. The van der Waals surface area contributed by atoms with E-state index in [0.717, 1.165) is 25.1 Å². The Morgan fingerprint density at radius 2 is 1.80 bits per heavy atom. The van der Waals surface area contributed by atoms with Gasteiger partial charge in [-0.05, 0) is 43.9 Å². The Bertz CT molecular complexity index is 1240. The van der Waals surface area contributed by atoms with Gasteiger partial charge in [0.2, 0.25) is 0 Å². The molecule has 158 valence electrons. The van der Waals surface area contributed by atoms with Crippen LogP contribution in [0.4, 0.5) is 0 Å². The van der Waals surface area contributed by atoms with Gasteiger partial charge in [0.05, 0.1) is 19.8 Å². The minimum absolute atomic E-state index is 0.258. The van der Waals surface area contributed by atoms with Crippen LogP contribution in [0.3, 0.4) is 0 Å². The summed E-state index contributed by atoms with van der Waals surface area (Å²) < 4.78 is 5.58. The van der Waals surface area contributed by atoms with Crippen LogP contribution in [0.2, 0.25) is 0 Å². The van der Waals surface area contributed by atoms with Crippen LogP contribution in [0, 0.1) is 19.8 Å². The van der Waals surface area contributed by atoms with Crippen LogP contribution in [-0.2, 0) is 6.54 Å². The molecule has 2 nitrogen and oxygen atoms in total. The van der Waals surface area contributed by atoms with Crippen molar-refractivity contribution in [3.05, 3.63) is 33.0 Å². The first kappa shape index (κ1) is 20.7. The van der Waals surface area contributed by atoms with Gasteiger partial charge in [-0.25, -0.2) is 0 Å². The van der Waals surface area contributed by atoms with E-state index in [1.165, 1.54) is 63.1 Å². The molecule has 0 fully saturated rings. The third-order valence-electron chi connectivity index (χ3n) is 6.25. The van der Waals surface area contributed by atoms with E-state index in [-0.39, 0.29) is 5.91 Å². The lowest BCUT2D eigenvalue weighted by atomic mass is 9.99. The lowest BCUT2D eigenvalue weighted by molar-refractivity contribution is 0.0747. The zero-order valence-corrected chi connectivity index (χ0v) is 21.2. The normalized spacial score (nSPS) is 15.1. The fourth-order valence-corrected chi connectivity index (χ4v) is 9.73. The first-order valence-electron chi connectivity index (χ1n) is 10.8. The highest BCUT2D eigenvalue weighted by atomic mass is 32.1. The molecule has 0 saturated heterocycles. The molecule has 5 heterocycles. The minimum atomic E-state index is 0.258. The van der Waals surface area contributed by atoms with Crippen LogP contribution in [0.5, 0.6) is 0 Å². The van der Waals surface area contributed by atoms with Gasteiger partial charge >= 0.3 is 0 Å². The van der Waals surface area contributed by atoms with Gasteiger partial charge in [-0.15, -0.1) is 45.3 Å². The number of amides is 1. The van der Waals surface area contributed by atoms with E-state index in [4.69, 9.17) is 0 Å². The Hall–Kier alpha value is -1.21. The van der Waals surface area contributed by atoms with Crippen molar-refractivity contribution in [1.82, 2.24) is 4.90 Å². The molecule has 0 saturated carbocycles. The largest absolute Gasteiger partial charge is 0.334 e. The van der Waals surface area contributed by atoms with Crippen molar-refractivity contribution in [2.24, 2.45) is 5.92 Å². The summed E-state index contributed by atoms with van der Waals surface area (Å²) in [6.07, 6.45) is 4.87. The number of hydrogen-bond donors (Lipinski definition) is 0. The Morgan fingerprint density at radius 3 is 2.57 bits per heavy atom. The first-order valence-corrected chi connectivity index (χ1v) is 14.1. The highest BCUT2D eigenvalue weighted by Crippen LogP contribution is 2.49. The van der Waals surface area contributed by atoms with Gasteiger partial charge in [-0.1, -0.05) is 33.1 Å². The van der Waals surface area contributed by atoms with Crippen molar-refractivity contribution in [2.45, 2.75) is 59.9 Å². The number of hydrogen-bond acceptors (Lipinski definition) is 5. The lowest BCUT2D eigenvalue weighted by Crippen LogP contribution is -2.30. The van der Waals surface area contributed by atoms with Crippen molar-refractivity contribution in [3.63, 3.8) is 0 Å². The molecule has 30 heavy (non-hydrogen) atoms. The second-order valence-electron chi connectivity index (χ2n) is 8.40. The van der Waals surface area contributed by atoms with Gasteiger partial charge in [0, 0.05) is 37.1 Å². The number of carbonyl (C=O) groups is 1. The number of carbonyl (C=O) groups excluding carboxylic acids is 1. The van der Waals surface area contributed by atoms with Crippen molar-refractivity contribution < 1.29 is 4.79 Å². The fourth-order valence-electron chi connectivity index (χ4n) is 4.53. The number of aryl methyl sites for hydroxylation is 2. The van der Waals surface area contributed by atoms with Crippen LogP contribution in [0.25, 0.3) is 28.6 Å². The van der Waals surface area contributed by atoms with E-state index < -0.39 is 0 Å². The molecule has 0 spiro atoms. The molecule has 4 aromatic rings. The molecule has 1 aliphatic rings. The maximum atomic E-state index is 13.4. The topological polar surface area (TPSA) is 20.3 Å². The van der Waals surface area contributed by atoms with Crippen LogP contribution >= 0.6 is 45.3 Å². The monoisotopic (exact) mass is 473 g/mol. The number of unbranched alkanes of at least 4 members (excludes halogenated alkanes) is 1. The van der Waals surface area contributed by atoms with E-state index in [9.17, 15) is 4.79 Å². The molecule has 1 unspecified atom stereocenters. The fraction of sp³-hybridized carbons (Fsp3) is 0.458. The van der Waals surface area contributed by atoms with Crippen LogP contribution in [0.15, 0.2) is 12.1 Å². The molecule has 5 rings (SSSR count). The highest BCUT2D eigenvalue weighted by Gasteiger charge is 2.35. The molecule has 0 aliphatic carbocycles. The van der Waals surface area contributed by atoms with Crippen molar-refractivity contribution >= 4 is 70.1 Å². The summed E-state index contributed by atoms with van der Waals surface area (Å²) in [6, 6.07) is 4.62. The van der Waals surface area contributed by atoms with E-state index >= 15 is 0 Å². The predicted molar refractivity (Wildman–Crippen MR) is 136 cm³/mol. The maximum Gasteiger partial charge on any atom is 0.256 e. The molecule has 0 radical (unpaired) electrons. The molecule has 0 aromatic carbocycles. The summed E-state index contributed by atoms with van der Waals surface area (Å²) >= 11 is 7.47. The summed E-state index contributed by atoms with van der Waals surface area (Å²) in [4.78, 5) is 20.7. The molecule has 4 aromatic heterocycles. The molecule has 1 aliphatic heterocycles. The van der Waals surface area contributed by atoms with E-state index in [1.807, 2.05) is 45.3 Å². The smallest absolute Gasteiger partial charge is 0.256 e. The average Bonchev–Trinajstić information content (AvgIpc) is 3.48.